The van der Waals surface area contributed by atoms with Gasteiger partial charge in [0.25, 0.3) is 0 Å². The van der Waals surface area contributed by atoms with Crippen LogP contribution in [0.25, 0.3) is 0 Å². The van der Waals surface area contributed by atoms with E-state index in [1.165, 1.54) is 0 Å². The van der Waals surface area contributed by atoms with Crippen molar-refractivity contribution in [2.45, 2.75) is 36.3 Å². The van der Waals surface area contributed by atoms with Crippen LogP contribution in [0.5, 0.6) is 0 Å². The van der Waals surface area contributed by atoms with Crippen molar-refractivity contribution in [2.24, 2.45) is 0 Å². The fraction of sp³-hybridized carbons (Fsp3) is 1.00. The van der Waals surface area contributed by atoms with Crippen LogP contribution < -0.4 is 51.4 Å². The maximum atomic E-state index is 11.9. The molecule has 0 aromatic carbocycles. The summed E-state index contributed by atoms with van der Waals surface area (Å²) in [6.45, 7) is 0. The Labute approximate surface area is 231 Å². The molecular weight excluding hydrogens is 618 g/mol. The Kier molecular flexibility index (Phi) is 12.8. The van der Waals surface area contributed by atoms with Crippen LogP contribution in [0.4, 0.5) is 0 Å². The van der Waals surface area contributed by atoms with Crippen LogP contribution in [0, 0.1) is 0 Å². The number of hydrogen-bond donors (Lipinski definition) is 12. The van der Waals surface area contributed by atoms with Crippen LogP contribution in [0.3, 0.4) is 0 Å². The quantitative estimate of drug-likeness (QED) is 0.0602. The van der Waals surface area contributed by atoms with E-state index in [0.717, 1.165) is 0 Å². The van der Waals surface area contributed by atoms with E-state index in [4.69, 9.17) is 19.6 Å². The Hall–Kier alpha value is 2.11. The first-order valence-corrected chi connectivity index (χ1v) is 14.9. The SMILES string of the molecule is O=P(O)(O)OP(=O)(O)OP(=O)(O)OP(=O)(O)OP(=O)(O)OC1(O)[C@H](O)[C@H](O)C(O)[C@H](O)[C@H]1O.[H-].[K+]. The largest absolute Gasteiger partial charge is 1.00 e. The van der Waals surface area contributed by atoms with Crippen molar-refractivity contribution >= 4 is 39.1 Å². The van der Waals surface area contributed by atoms with E-state index in [2.05, 4.69) is 21.8 Å². The van der Waals surface area contributed by atoms with Gasteiger partial charge in [-0.05, 0) is 0 Å². The van der Waals surface area contributed by atoms with E-state index in [0.29, 0.717) is 0 Å². The van der Waals surface area contributed by atoms with Crippen molar-refractivity contribution in [1.29, 1.82) is 0 Å². The first-order valence-electron chi connectivity index (χ1n) is 7.39. The van der Waals surface area contributed by atoms with Gasteiger partial charge in [-0.2, -0.15) is 17.2 Å². The fourth-order valence-corrected chi connectivity index (χ4v) is 8.21. The second-order valence-electron chi connectivity index (χ2n) is 5.90. The molecule has 1 saturated carbocycles. The summed E-state index contributed by atoms with van der Waals surface area (Å²) in [5.41, 5.74) is 0. The van der Waals surface area contributed by atoms with Gasteiger partial charge in [0.15, 0.2) is 0 Å². The van der Waals surface area contributed by atoms with Crippen molar-refractivity contribution in [3.63, 3.8) is 0 Å². The molecule has 0 heterocycles. The summed E-state index contributed by atoms with van der Waals surface area (Å²) in [7, 11) is -31.2. The van der Waals surface area contributed by atoms with Crippen LogP contribution in [0.15, 0.2) is 0 Å². The van der Waals surface area contributed by atoms with Crippen molar-refractivity contribution in [3.05, 3.63) is 0 Å². The number of hydrogen-bond acceptors (Lipinski definition) is 16. The van der Waals surface area contributed by atoms with Crippen LogP contribution in [-0.2, 0) is 44.6 Å². The second-order valence-corrected chi connectivity index (χ2v) is 13.4. The predicted molar refractivity (Wildman–Crippen MR) is 92.9 cm³/mol. The maximum Gasteiger partial charge on any atom is 1.00 e. The summed E-state index contributed by atoms with van der Waals surface area (Å²) >= 11 is 0. The summed E-state index contributed by atoms with van der Waals surface area (Å²) in [4.78, 5) is 53.5. The molecule has 1 fully saturated rings. The van der Waals surface area contributed by atoms with Crippen LogP contribution in [0.2, 0.25) is 0 Å². The molecule has 22 nitrogen and oxygen atoms in total. The van der Waals surface area contributed by atoms with Crippen molar-refractivity contribution in [3.8, 4) is 0 Å². The molecule has 0 amide bonds. The Morgan fingerprint density at radius 1 is 0.559 bits per heavy atom. The topological polar surface area (TPSA) is 374 Å². The van der Waals surface area contributed by atoms with Gasteiger partial charge >= 0.3 is 90.5 Å². The zero-order valence-corrected chi connectivity index (χ0v) is 23.7. The van der Waals surface area contributed by atoms with Gasteiger partial charge in [-0.15, -0.1) is 0 Å². The fourth-order valence-electron chi connectivity index (χ4n) is 2.12. The smallest absolute Gasteiger partial charge is 1.00 e. The third-order valence-electron chi connectivity index (χ3n) is 3.28. The number of aliphatic hydroxyl groups is 6. The summed E-state index contributed by atoms with van der Waals surface area (Å²) in [6, 6.07) is 0. The predicted octanol–water partition coefficient (Wildman–Crippen LogP) is -6.81. The van der Waals surface area contributed by atoms with E-state index in [1.54, 1.807) is 0 Å². The van der Waals surface area contributed by atoms with Gasteiger partial charge in [0.2, 0.25) is 5.79 Å². The van der Waals surface area contributed by atoms with Gasteiger partial charge in [0, 0.05) is 0 Å². The van der Waals surface area contributed by atoms with Gasteiger partial charge < -0.3 is 61.4 Å². The minimum absolute atomic E-state index is 0. The molecule has 0 spiro atoms. The van der Waals surface area contributed by atoms with Gasteiger partial charge in [-0.1, -0.05) is 0 Å². The van der Waals surface area contributed by atoms with Crippen LogP contribution in [-0.4, -0.2) is 96.3 Å². The normalized spacial score (nSPS) is 37.4. The maximum absolute atomic E-state index is 11.9. The molecule has 1 rings (SSSR count). The number of phosphoric ester groups is 1. The Morgan fingerprint density at radius 2 is 0.853 bits per heavy atom. The number of phosphoric acid groups is 5. The van der Waals surface area contributed by atoms with Crippen LogP contribution >= 0.6 is 39.1 Å². The summed E-state index contributed by atoms with van der Waals surface area (Å²) in [5.74, 6) is -3.90. The molecule has 34 heavy (non-hydrogen) atoms. The van der Waals surface area contributed by atoms with E-state index in [1.807, 2.05) is 0 Å². The molecule has 0 aromatic heterocycles. The molecule has 28 heteroatoms. The van der Waals surface area contributed by atoms with Crippen molar-refractivity contribution in [1.82, 2.24) is 0 Å². The molecule has 1 aliphatic carbocycles. The van der Waals surface area contributed by atoms with E-state index in [-0.39, 0.29) is 52.8 Å². The molecular formula is C6H18KO22P5. The average Bonchev–Trinajstić information content (AvgIpc) is 2.50. The first-order chi connectivity index (χ1) is 14.3. The molecule has 0 aromatic rings. The van der Waals surface area contributed by atoms with Crippen molar-refractivity contribution < 1.29 is 157 Å². The van der Waals surface area contributed by atoms with Gasteiger partial charge in [-0.3, -0.25) is 0 Å². The second kappa shape index (κ2) is 12.1. The van der Waals surface area contributed by atoms with E-state index < -0.39 is 75.4 Å². The monoisotopic (exact) mass is 636 g/mol. The summed E-state index contributed by atoms with van der Waals surface area (Å²) < 4.78 is 73.6. The third-order valence-corrected chi connectivity index (χ3v) is 10.4. The standard InChI is InChI=1S/C6H17O22P5.K.H/c7-1-2(8)4(10)6(12,5(11)3(1)9)24-30(16,17)26-32(20,21)28-33(22,23)27-31(18,19)25-29(13,14)15;;/h1-5,7-12H,(H,16,17)(H,18,19)(H,20,21)(H,22,23)(H2,13,14,15);;/q;+1;-1/t1?,2-,3+,4-,5-,6?;;/m1../s1. The minimum Gasteiger partial charge on any atom is -1.00 e. The molecule has 0 aliphatic heterocycles. The molecule has 0 bridgehead atoms. The summed E-state index contributed by atoms with van der Waals surface area (Å²) in [5, 5.41) is 57.7. The zero-order chi connectivity index (χ0) is 26.4. The van der Waals surface area contributed by atoms with Gasteiger partial charge in [0.05, 0.1) is 0 Å². The van der Waals surface area contributed by atoms with E-state index >= 15 is 0 Å². The molecule has 12 N–H and O–H groups in total. The Balaban J connectivity index is 0. The number of aliphatic hydroxyl groups excluding tert-OH is 5. The first kappa shape index (κ1) is 36.1. The summed E-state index contributed by atoms with van der Waals surface area (Å²) in [6.07, 6.45) is -13.2. The Bertz CT molecular complexity index is 950. The third kappa shape index (κ3) is 10.3. The van der Waals surface area contributed by atoms with Gasteiger partial charge in [0.1, 0.15) is 30.5 Å². The van der Waals surface area contributed by atoms with Crippen LogP contribution in [0.1, 0.15) is 1.43 Å². The molecule has 0 saturated heterocycles. The molecule has 200 valence electrons. The average molecular weight is 636 g/mol. The molecule has 6 unspecified atom stereocenters. The molecule has 0 radical (unpaired) electrons. The number of rotatable bonds is 10. The molecule has 10 atom stereocenters. The molecule has 1 aliphatic rings. The zero-order valence-electron chi connectivity index (χ0n) is 17.1. The van der Waals surface area contributed by atoms with Crippen molar-refractivity contribution in [2.75, 3.05) is 0 Å². The minimum atomic E-state index is -6.46. The van der Waals surface area contributed by atoms with Gasteiger partial charge in [-0.25, -0.2) is 27.3 Å². The Morgan fingerprint density at radius 3 is 1.18 bits per heavy atom. The van der Waals surface area contributed by atoms with E-state index in [9.17, 15) is 63.3 Å².